The van der Waals surface area contributed by atoms with Crippen LogP contribution in [0, 0.1) is 5.82 Å². The Bertz CT molecular complexity index is 574. The van der Waals surface area contributed by atoms with E-state index in [0.717, 1.165) is 16.2 Å². The van der Waals surface area contributed by atoms with E-state index >= 15 is 0 Å². The van der Waals surface area contributed by atoms with E-state index in [9.17, 15) is 14.0 Å². The van der Waals surface area contributed by atoms with Gasteiger partial charge >= 0.3 is 5.97 Å². The smallest absolute Gasteiger partial charge is 0.303 e. The van der Waals surface area contributed by atoms with Crippen LogP contribution in [0.15, 0.2) is 23.1 Å². The number of amides is 1. The van der Waals surface area contributed by atoms with Crippen LogP contribution < -0.4 is 5.32 Å². The summed E-state index contributed by atoms with van der Waals surface area (Å²) in [7, 11) is 0. The lowest BCUT2D eigenvalue weighted by atomic mass is 10.0. The van der Waals surface area contributed by atoms with Crippen molar-refractivity contribution >= 4 is 23.6 Å². The summed E-state index contributed by atoms with van der Waals surface area (Å²) in [6.45, 7) is 4.33. The molecule has 6 heteroatoms. The van der Waals surface area contributed by atoms with Crippen molar-refractivity contribution in [1.29, 1.82) is 0 Å². The number of hydrogen-bond donors (Lipinski definition) is 1. The molecule has 1 amide bonds. The summed E-state index contributed by atoms with van der Waals surface area (Å²) in [6.07, 6.45) is 0.711. The van der Waals surface area contributed by atoms with E-state index in [-0.39, 0.29) is 17.8 Å². The Kier molecular flexibility index (Phi) is 4.56. The highest BCUT2D eigenvalue weighted by molar-refractivity contribution is 7.99. The van der Waals surface area contributed by atoms with Crippen molar-refractivity contribution < 1.29 is 18.7 Å². The molecule has 0 saturated carbocycles. The number of hydrogen-bond acceptors (Lipinski definition) is 4. The number of halogens is 1. The van der Waals surface area contributed by atoms with Crippen LogP contribution in [0.3, 0.4) is 0 Å². The lowest BCUT2D eigenvalue weighted by Gasteiger charge is -2.30. The van der Waals surface area contributed by atoms with Crippen LogP contribution in [-0.2, 0) is 14.3 Å². The van der Waals surface area contributed by atoms with Gasteiger partial charge in [0, 0.05) is 17.6 Å². The molecular formula is C15H18FNO3S. The van der Waals surface area contributed by atoms with E-state index in [1.807, 2.05) is 0 Å². The summed E-state index contributed by atoms with van der Waals surface area (Å²) >= 11 is 1.64. The fourth-order valence-corrected chi connectivity index (χ4v) is 3.36. The summed E-state index contributed by atoms with van der Waals surface area (Å²) < 4.78 is 18.4. The number of ether oxygens (including phenoxy) is 1. The Morgan fingerprint density at radius 3 is 2.81 bits per heavy atom. The molecule has 0 fully saturated rings. The molecule has 0 aromatic heterocycles. The molecule has 0 radical (unpaired) electrons. The molecule has 0 unspecified atom stereocenters. The number of carbonyl (C=O) groups is 2. The predicted octanol–water partition coefficient (Wildman–Crippen LogP) is 2.82. The quantitative estimate of drug-likeness (QED) is 0.872. The highest BCUT2D eigenvalue weighted by Gasteiger charge is 2.34. The molecule has 1 N–H and O–H groups in total. The Morgan fingerprint density at radius 2 is 2.14 bits per heavy atom. The average molecular weight is 311 g/mol. The maximum atomic E-state index is 13.4. The molecule has 1 aromatic rings. The van der Waals surface area contributed by atoms with Gasteiger partial charge in [0.2, 0.25) is 0 Å². The molecule has 1 heterocycles. The SMILES string of the molecule is CC(=O)OC(C)(C)C(=O)N[C@@H]1CCSc2ccc(F)cc21. The number of nitrogens with one attached hydrogen (secondary N) is 1. The van der Waals surface area contributed by atoms with Gasteiger partial charge in [0.05, 0.1) is 6.04 Å². The van der Waals surface area contributed by atoms with E-state index in [4.69, 9.17) is 4.74 Å². The zero-order valence-electron chi connectivity index (χ0n) is 12.2. The maximum absolute atomic E-state index is 13.4. The van der Waals surface area contributed by atoms with Gasteiger partial charge in [-0.2, -0.15) is 0 Å². The van der Waals surface area contributed by atoms with E-state index < -0.39 is 11.6 Å². The number of esters is 1. The molecule has 1 aliphatic rings. The van der Waals surface area contributed by atoms with Crippen molar-refractivity contribution in [1.82, 2.24) is 5.32 Å². The third kappa shape index (κ3) is 3.75. The first-order chi connectivity index (χ1) is 9.79. The second-order valence-corrected chi connectivity index (χ2v) is 6.59. The third-order valence-electron chi connectivity index (χ3n) is 3.26. The summed E-state index contributed by atoms with van der Waals surface area (Å²) in [4.78, 5) is 24.3. The van der Waals surface area contributed by atoms with Crippen LogP contribution >= 0.6 is 11.8 Å². The van der Waals surface area contributed by atoms with Gasteiger partial charge in [-0.1, -0.05) is 0 Å². The first kappa shape index (κ1) is 15.8. The molecule has 0 spiro atoms. The van der Waals surface area contributed by atoms with E-state index in [1.54, 1.807) is 17.8 Å². The fraction of sp³-hybridized carbons (Fsp3) is 0.467. The van der Waals surface area contributed by atoms with Gasteiger partial charge in [0.1, 0.15) is 5.82 Å². The molecule has 2 rings (SSSR count). The molecule has 1 aromatic carbocycles. The van der Waals surface area contributed by atoms with Crippen molar-refractivity contribution in [3.63, 3.8) is 0 Å². The van der Waals surface area contributed by atoms with Gasteiger partial charge in [-0.25, -0.2) is 4.39 Å². The largest absolute Gasteiger partial charge is 0.450 e. The van der Waals surface area contributed by atoms with Crippen molar-refractivity contribution in [2.45, 2.75) is 43.7 Å². The van der Waals surface area contributed by atoms with Gasteiger partial charge < -0.3 is 10.1 Å². The molecule has 21 heavy (non-hydrogen) atoms. The van der Waals surface area contributed by atoms with E-state index in [0.29, 0.717) is 6.42 Å². The molecule has 1 aliphatic heterocycles. The van der Waals surface area contributed by atoms with Crippen LogP contribution in [0.25, 0.3) is 0 Å². The second-order valence-electron chi connectivity index (χ2n) is 5.45. The topological polar surface area (TPSA) is 55.4 Å². The van der Waals surface area contributed by atoms with Gasteiger partial charge in [0.25, 0.3) is 5.91 Å². The minimum absolute atomic E-state index is 0.265. The van der Waals surface area contributed by atoms with Gasteiger partial charge in [-0.05, 0) is 44.0 Å². The minimum atomic E-state index is -1.25. The lowest BCUT2D eigenvalue weighted by molar-refractivity contribution is -0.163. The van der Waals surface area contributed by atoms with Crippen molar-refractivity contribution in [3.05, 3.63) is 29.6 Å². The van der Waals surface area contributed by atoms with Crippen molar-refractivity contribution in [2.24, 2.45) is 0 Å². The summed E-state index contributed by atoms with van der Waals surface area (Å²) in [5, 5.41) is 2.85. The first-order valence-corrected chi connectivity index (χ1v) is 7.71. The van der Waals surface area contributed by atoms with Gasteiger partial charge in [-0.15, -0.1) is 11.8 Å². The molecule has 0 saturated heterocycles. The lowest BCUT2D eigenvalue weighted by Crippen LogP contribution is -2.46. The molecule has 114 valence electrons. The average Bonchev–Trinajstić information content (AvgIpc) is 2.38. The maximum Gasteiger partial charge on any atom is 0.303 e. The van der Waals surface area contributed by atoms with Gasteiger partial charge in [-0.3, -0.25) is 9.59 Å². The normalized spacial score (nSPS) is 17.8. The van der Waals surface area contributed by atoms with Crippen LogP contribution in [-0.4, -0.2) is 23.2 Å². The Hall–Kier alpha value is -1.56. The second kappa shape index (κ2) is 6.05. The molecule has 4 nitrogen and oxygen atoms in total. The predicted molar refractivity (Wildman–Crippen MR) is 78.5 cm³/mol. The minimum Gasteiger partial charge on any atom is -0.450 e. The molecule has 1 atom stereocenters. The Morgan fingerprint density at radius 1 is 1.43 bits per heavy atom. The number of thioether (sulfide) groups is 1. The monoisotopic (exact) mass is 311 g/mol. The molecule has 0 aliphatic carbocycles. The van der Waals surface area contributed by atoms with Crippen LogP contribution in [0.4, 0.5) is 4.39 Å². The van der Waals surface area contributed by atoms with Crippen LogP contribution in [0.2, 0.25) is 0 Å². The van der Waals surface area contributed by atoms with Crippen molar-refractivity contribution in [3.8, 4) is 0 Å². The summed E-state index contributed by atoms with van der Waals surface area (Å²) in [5.74, 6) is -0.377. The highest BCUT2D eigenvalue weighted by atomic mass is 32.2. The third-order valence-corrected chi connectivity index (χ3v) is 4.38. The fourth-order valence-electron chi connectivity index (χ4n) is 2.25. The Balaban J connectivity index is 2.16. The number of rotatable bonds is 3. The first-order valence-electron chi connectivity index (χ1n) is 6.72. The van der Waals surface area contributed by atoms with E-state index in [1.165, 1.54) is 32.9 Å². The summed E-state index contributed by atoms with van der Waals surface area (Å²) in [5.41, 5.74) is -0.470. The van der Waals surface area contributed by atoms with Crippen molar-refractivity contribution in [2.75, 3.05) is 5.75 Å². The standard InChI is InChI=1S/C15H18FNO3S/c1-9(18)20-15(2,3)14(19)17-12-6-7-21-13-5-4-10(16)8-11(12)13/h4-5,8,12H,6-7H2,1-3H3,(H,17,19)/t12-/m1/s1. The molecular weight excluding hydrogens is 293 g/mol. The van der Waals surface area contributed by atoms with Gasteiger partial charge in [0.15, 0.2) is 5.60 Å². The Labute approximate surface area is 127 Å². The zero-order chi connectivity index (χ0) is 15.6. The summed E-state index contributed by atoms with van der Waals surface area (Å²) in [6, 6.07) is 4.33. The number of benzene rings is 1. The highest BCUT2D eigenvalue weighted by Crippen LogP contribution is 2.36. The van der Waals surface area contributed by atoms with E-state index in [2.05, 4.69) is 5.32 Å². The number of carbonyl (C=O) groups excluding carboxylic acids is 2. The zero-order valence-corrected chi connectivity index (χ0v) is 13.1. The molecule has 0 bridgehead atoms. The number of fused-ring (bicyclic) bond motifs is 1. The van der Waals surface area contributed by atoms with Crippen LogP contribution in [0.5, 0.6) is 0 Å². The van der Waals surface area contributed by atoms with Crippen LogP contribution in [0.1, 0.15) is 38.8 Å².